The molecule has 55 heavy (non-hydrogen) atoms. The van der Waals surface area contributed by atoms with Crippen LogP contribution in [0.2, 0.25) is 28.2 Å². The molecule has 2 fully saturated rings. The second kappa shape index (κ2) is 16.7. The highest BCUT2D eigenvalue weighted by Gasteiger charge is 2.51. The first-order chi connectivity index (χ1) is 25.5. The summed E-state index contributed by atoms with van der Waals surface area (Å²) in [4.78, 5) is 53.6. The Bertz CT molecular complexity index is 1780. The summed E-state index contributed by atoms with van der Waals surface area (Å²) in [7, 11) is -1.90. The van der Waals surface area contributed by atoms with Crippen LogP contribution in [0.5, 0.6) is 0 Å². The van der Waals surface area contributed by atoms with E-state index >= 15 is 4.79 Å². The van der Waals surface area contributed by atoms with Crippen molar-refractivity contribution in [3.63, 3.8) is 0 Å². The van der Waals surface area contributed by atoms with Gasteiger partial charge in [-0.1, -0.05) is 56.1 Å². The molecule has 15 heteroatoms. The van der Waals surface area contributed by atoms with Gasteiger partial charge >= 0.3 is 12.2 Å². The van der Waals surface area contributed by atoms with Crippen molar-refractivity contribution in [3.8, 4) is 0 Å². The molecule has 1 aliphatic carbocycles. The fourth-order valence-corrected chi connectivity index (χ4v) is 8.82. The van der Waals surface area contributed by atoms with E-state index in [9.17, 15) is 9.59 Å². The number of benzene rings is 1. The first-order valence-electron chi connectivity index (χ1n) is 19.1. The maximum Gasteiger partial charge on any atom is 0.411 e. The molecule has 3 heterocycles. The van der Waals surface area contributed by atoms with E-state index in [0.717, 1.165) is 33.9 Å². The first-order valence-corrected chi connectivity index (χ1v) is 23.6. The van der Waals surface area contributed by atoms with Crippen LogP contribution in [0, 0.1) is 0 Å². The summed E-state index contributed by atoms with van der Waals surface area (Å²) < 4.78 is 24.1. The Kier molecular flexibility index (Phi) is 13.2. The monoisotopic (exact) mass is 836 g/mol. The number of thiazole rings is 1. The summed E-state index contributed by atoms with van der Waals surface area (Å²) in [6, 6.07) is 4.08. The SMILES string of the molecule is CC(C)(C)OC(=O)N1CC2CC(c3cnc(COCCO[Si](C)(C)C(C)(C)C)s3)=C(C(=O)N(Cc3cccc(Cl)c3Cl)C3CC3)C(C1)N2C(=O)OC(C)(C)C. The van der Waals surface area contributed by atoms with Gasteiger partial charge in [0.1, 0.15) is 16.2 Å². The minimum absolute atomic E-state index is 0.0199. The van der Waals surface area contributed by atoms with E-state index in [1.54, 1.807) is 22.1 Å². The fourth-order valence-electron chi connectivity index (χ4n) is 6.49. The number of piperazine rings is 1. The lowest BCUT2D eigenvalue weighted by molar-refractivity contribution is -0.129. The molecule has 5 rings (SSSR count). The quantitative estimate of drug-likeness (QED) is 0.163. The molecule has 1 aromatic heterocycles. The van der Waals surface area contributed by atoms with E-state index in [1.807, 2.05) is 58.6 Å². The Morgan fingerprint density at radius 2 is 1.60 bits per heavy atom. The molecule has 11 nitrogen and oxygen atoms in total. The Morgan fingerprint density at radius 3 is 2.22 bits per heavy atom. The summed E-state index contributed by atoms with van der Waals surface area (Å²) >= 11 is 14.5. The number of carbonyl (C=O) groups is 3. The van der Waals surface area contributed by atoms with Gasteiger partial charge < -0.3 is 28.4 Å². The summed E-state index contributed by atoms with van der Waals surface area (Å²) in [5, 5.41) is 1.68. The van der Waals surface area contributed by atoms with Crippen LogP contribution in [0.1, 0.15) is 97.0 Å². The smallest absolute Gasteiger partial charge is 0.411 e. The summed E-state index contributed by atoms with van der Waals surface area (Å²) in [5.74, 6) is -0.231. The lowest BCUT2D eigenvalue weighted by Crippen LogP contribution is -2.66. The molecule has 2 atom stereocenters. The summed E-state index contributed by atoms with van der Waals surface area (Å²) in [5.41, 5.74) is 0.445. The van der Waals surface area contributed by atoms with Crippen molar-refractivity contribution in [1.82, 2.24) is 19.7 Å². The van der Waals surface area contributed by atoms with Gasteiger partial charge in [0.25, 0.3) is 5.91 Å². The highest BCUT2D eigenvalue weighted by molar-refractivity contribution is 7.12. The van der Waals surface area contributed by atoms with Gasteiger partial charge in [-0.15, -0.1) is 11.3 Å². The molecule has 1 saturated carbocycles. The van der Waals surface area contributed by atoms with Gasteiger partial charge in [-0.2, -0.15) is 0 Å². The van der Waals surface area contributed by atoms with E-state index in [2.05, 4.69) is 33.9 Å². The number of amides is 3. The van der Waals surface area contributed by atoms with E-state index in [1.165, 1.54) is 11.3 Å². The minimum atomic E-state index is -1.90. The minimum Gasteiger partial charge on any atom is -0.444 e. The van der Waals surface area contributed by atoms with Crippen LogP contribution in [0.25, 0.3) is 5.57 Å². The Balaban J connectivity index is 1.52. The third kappa shape index (κ3) is 10.8. The standard InChI is InChI=1S/C40H58Cl2N4O7SSi/c1-38(2,3)52-36(48)44-22-27-19-28(31-20-43-32(54-31)24-50-17-18-51-55(10,11)40(7,8)9)33(30(23-44)46(27)37(49)53-39(4,5)6)35(47)45(26-15-16-26)21-25-13-12-14-29(41)34(25)42/h12-14,20,26-27,30H,15-19,21-24H2,1-11H3. The Labute approximate surface area is 341 Å². The Hall–Kier alpha value is -2.68. The summed E-state index contributed by atoms with van der Waals surface area (Å²) in [6.07, 6.45) is 2.72. The van der Waals surface area contributed by atoms with Crippen LogP contribution in [-0.2, 0) is 36.6 Å². The second-order valence-corrected chi connectivity index (χ2v) is 24.9. The largest absolute Gasteiger partial charge is 0.444 e. The van der Waals surface area contributed by atoms with Crippen LogP contribution >= 0.6 is 34.5 Å². The van der Waals surface area contributed by atoms with Gasteiger partial charge in [0.05, 0.1) is 46.8 Å². The zero-order valence-electron chi connectivity index (χ0n) is 34.2. The van der Waals surface area contributed by atoms with E-state index < -0.39 is 43.8 Å². The predicted octanol–water partition coefficient (Wildman–Crippen LogP) is 9.56. The molecule has 1 saturated heterocycles. The molecular formula is C40H58Cl2N4O7SSi. The van der Waals surface area contributed by atoms with Crippen molar-refractivity contribution in [2.24, 2.45) is 0 Å². The van der Waals surface area contributed by atoms with Gasteiger partial charge in [-0.3, -0.25) is 9.69 Å². The summed E-state index contributed by atoms with van der Waals surface area (Å²) in [6.45, 7) is 23.7. The average molecular weight is 838 g/mol. The van der Waals surface area contributed by atoms with Gasteiger partial charge in [0.2, 0.25) is 0 Å². The van der Waals surface area contributed by atoms with Crippen LogP contribution in [0.3, 0.4) is 0 Å². The third-order valence-corrected chi connectivity index (χ3v) is 16.8. The molecule has 2 aliphatic heterocycles. The number of carbonyl (C=O) groups excluding carboxylic acids is 3. The van der Waals surface area contributed by atoms with Gasteiger partial charge in [-0.05, 0) is 96.1 Å². The lowest BCUT2D eigenvalue weighted by atomic mass is 9.83. The van der Waals surface area contributed by atoms with E-state index in [4.69, 9.17) is 46.8 Å². The first kappa shape index (κ1) is 43.4. The van der Waals surface area contributed by atoms with Crippen molar-refractivity contribution in [3.05, 3.63) is 55.5 Å². The predicted molar refractivity (Wildman–Crippen MR) is 220 cm³/mol. The zero-order valence-corrected chi connectivity index (χ0v) is 37.5. The molecule has 304 valence electrons. The molecule has 2 bridgehead atoms. The molecule has 3 amide bonds. The number of halogens is 2. The molecule has 3 aliphatic rings. The van der Waals surface area contributed by atoms with Gasteiger partial charge in [-0.25, -0.2) is 14.6 Å². The van der Waals surface area contributed by atoms with E-state index in [0.29, 0.717) is 41.9 Å². The van der Waals surface area contributed by atoms with Crippen molar-refractivity contribution in [2.75, 3.05) is 26.3 Å². The number of hydrogen-bond acceptors (Lipinski definition) is 9. The topological polar surface area (TPSA) is 111 Å². The number of fused-ring (bicyclic) bond motifs is 2. The van der Waals surface area contributed by atoms with Crippen molar-refractivity contribution in [1.29, 1.82) is 0 Å². The lowest BCUT2D eigenvalue weighted by Gasteiger charge is -2.51. The zero-order chi connectivity index (χ0) is 40.7. The third-order valence-electron chi connectivity index (χ3n) is 10.3. The molecule has 2 aromatic rings. The highest BCUT2D eigenvalue weighted by atomic mass is 35.5. The molecule has 2 unspecified atom stereocenters. The normalized spacial score (nSPS) is 19.4. The molecule has 0 radical (unpaired) electrons. The number of ether oxygens (including phenoxy) is 3. The van der Waals surface area contributed by atoms with Crippen LogP contribution < -0.4 is 0 Å². The molecule has 1 aromatic carbocycles. The average Bonchev–Trinajstić information content (AvgIpc) is 3.78. The van der Waals surface area contributed by atoms with E-state index in [-0.39, 0.29) is 36.6 Å². The number of rotatable bonds is 11. The second-order valence-electron chi connectivity index (χ2n) is 18.2. The van der Waals surface area contributed by atoms with Crippen LogP contribution in [0.4, 0.5) is 9.59 Å². The Morgan fingerprint density at radius 1 is 0.945 bits per heavy atom. The van der Waals surface area contributed by atoms with Crippen molar-refractivity contribution < 1.29 is 33.0 Å². The number of aromatic nitrogens is 1. The molecular weight excluding hydrogens is 780 g/mol. The molecule has 0 spiro atoms. The highest BCUT2D eigenvalue weighted by Crippen LogP contribution is 2.44. The molecule has 0 N–H and O–H groups in total. The van der Waals surface area contributed by atoms with Gasteiger partial charge in [0.15, 0.2) is 8.32 Å². The van der Waals surface area contributed by atoms with Crippen molar-refractivity contribution >= 4 is 66.5 Å². The van der Waals surface area contributed by atoms with Gasteiger partial charge in [0, 0.05) is 37.4 Å². The number of hydrogen-bond donors (Lipinski definition) is 0. The maximum atomic E-state index is 15.3. The van der Waals surface area contributed by atoms with Crippen LogP contribution in [0.15, 0.2) is 30.0 Å². The number of nitrogens with zero attached hydrogens (tertiary/aromatic N) is 4. The fraction of sp³-hybridized carbons (Fsp3) is 0.650. The van der Waals surface area contributed by atoms with Crippen LogP contribution in [-0.4, -0.2) is 102 Å². The maximum absolute atomic E-state index is 15.3. The van der Waals surface area contributed by atoms with Crippen molar-refractivity contribution in [2.45, 2.75) is 142 Å².